The number of anilines is 2. The summed E-state index contributed by atoms with van der Waals surface area (Å²) in [5, 5.41) is 13.1. The van der Waals surface area contributed by atoms with Crippen LogP contribution < -0.4 is 11.1 Å². The summed E-state index contributed by atoms with van der Waals surface area (Å²) in [7, 11) is 0. The van der Waals surface area contributed by atoms with Gasteiger partial charge in [0, 0.05) is 18.5 Å². The molecule has 1 heterocycles. The Hall–Kier alpha value is -1.36. The maximum Gasteiger partial charge on any atom is 0.136 e. The van der Waals surface area contributed by atoms with Crippen molar-refractivity contribution in [1.29, 1.82) is 0 Å². The summed E-state index contributed by atoms with van der Waals surface area (Å²) in [6.07, 6.45) is 2.65. The van der Waals surface area contributed by atoms with Gasteiger partial charge in [-0.25, -0.2) is 9.97 Å². The van der Waals surface area contributed by atoms with E-state index in [1.807, 2.05) is 0 Å². The van der Waals surface area contributed by atoms with E-state index >= 15 is 0 Å². The number of nitrogens with one attached hydrogen (secondary N) is 1. The molecule has 0 amide bonds. The van der Waals surface area contributed by atoms with Crippen LogP contribution in [0.15, 0.2) is 6.07 Å². The minimum absolute atomic E-state index is 0.116. The van der Waals surface area contributed by atoms with Crippen molar-refractivity contribution in [1.82, 2.24) is 9.97 Å². The van der Waals surface area contributed by atoms with Crippen molar-refractivity contribution in [2.75, 3.05) is 17.6 Å². The Labute approximate surface area is 114 Å². The summed E-state index contributed by atoms with van der Waals surface area (Å²) >= 11 is 0. The Morgan fingerprint density at radius 1 is 1.42 bits per heavy atom. The number of hydrogen-bond donors (Lipinski definition) is 3. The molecular weight excluding hydrogens is 240 g/mol. The molecule has 1 aromatic heterocycles. The molecule has 1 unspecified atom stereocenters. The third-order valence-corrected chi connectivity index (χ3v) is 3.07. The van der Waals surface area contributed by atoms with Crippen molar-refractivity contribution in [3.8, 4) is 0 Å². The predicted octanol–water partition coefficient (Wildman–Crippen LogP) is 2.15. The third-order valence-electron chi connectivity index (χ3n) is 3.07. The first-order valence-electron chi connectivity index (χ1n) is 6.90. The van der Waals surface area contributed by atoms with Crippen LogP contribution in [0.3, 0.4) is 0 Å². The van der Waals surface area contributed by atoms with Crippen LogP contribution in [-0.4, -0.2) is 27.7 Å². The second kappa shape index (κ2) is 5.33. The number of rotatable bonds is 5. The van der Waals surface area contributed by atoms with Crippen LogP contribution in [0, 0.1) is 5.41 Å². The predicted molar refractivity (Wildman–Crippen MR) is 77.0 cm³/mol. The van der Waals surface area contributed by atoms with Gasteiger partial charge in [-0.15, -0.1) is 0 Å². The van der Waals surface area contributed by atoms with Crippen LogP contribution in [-0.2, 0) is 0 Å². The van der Waals surface area contributed by atoms with Crippen molar-refractivity contribution < 1.29 is 5.11 Å². The molecule has 0 saturated heterocycles. The van der Waals surface area contributed by atoms with E-state index in [4.69, 9.17) is 5.73 Å². The van der Waals surface area contributed by atoms with Crippen molar-refractivity contribution in [2.24, 2.45) is 5.41 Å². The maximum absolute atomic E-state index is 9.97. The lowest BCUT2D eigenvalue weighted by Gasteiger charge is -2.22. The smallest absolute Gasteiger partial charge is 0.136 e. The Kier molecular flexibility index (Phi) is 3.94. The normalized spacial score (nSPS) is 17.3. The van der Waals surface area contributed by atoms with E-state index in [2.05, 4.69) is 36.1 Å². The number of nitrogens with zero attached hydrogens (tertiary/aromatic N) is 2. The summed E-state index contributed by atoms with van der Waals surface area (Å²) in [4.78, 5) is 8.70. The van der Waals surface area contributed by atoms with Gasteiger partial charge in [-0.1, -0.05) is 20.8 Å². The molecule has 1 aliphatic carbocycles. The minimum Gasteiger partial charge on any atom is -0.391 e. The van der Waals surface area contributed by atoms with Crippen LogP contribution in [0.5, 0.6) is 0 Å². The Balaban J connectivity index is 1.92. The van der Waals surface area contributed by atoms with Crippen molar-refractivity contribution >= 4 is 11.6 Å². The van der Waals surface area contributed by atoms with Gasteiger partial charge in [0.2, 0.25) is 0 Å². The number of aliphatic hydroxyl groups excluding tert-OH is 1. The number of nitrogen functional groups attached to an aromatic ring is 1. The molecule has 4 N–H and O–H groups in total. The Morgan fingerprint density at radius 3 is 2.68 bits per heavy atom. The zero-order chi connectivity index (χ0) is 14.0. The zero-order valence-electron chi connectivity index (χ0n) is 12.0. The fourth-order valence-electron chi connectivity index (χ4n) is 2.10. The highest BCUT2D eigenvalue weighted by Crippen LogP contribution is 2.38. The summed E-state index contributed by atoms with van der Waals surface area (Å²) in [5.41, 5.74) is 5.90. The highest BCUT2D eigenvalue weighted by molar-refractivity contribution is 5.45. The first-order chi connectivity index (χ1) is 8.83. The van der Waals surface area contributed by atoms with Gasteiger partial charge >= 0.3 is 0 Å². The summed E-state index contributed by atoms with van der Waals surface area (Å²) in [6.45, 7) is 6.83. The molecule has 0 bridgehead atoms. The van der Waals surface area contributed by atoms with E-state index < -0.39 is 0 Å². The van der Waals surface area contributed by atoms with E-state index in [1.54, 1.807) is 6.07 Å². The molecule has 1 atom stereocenters. The van der Waals surface area contributed by atoms with Crippen LogP contribution >= 0.6 is 0 Å². The van der Waals surface area contributed by atoms with Crippen LogP contribution in [0.1, 0.15) is 51.8 Å². The number of hydrogen-bond acceptors (Lipinski definition) is 5. The average Bonchev–Trinajstić information content (AvgIpc) is 3.07. The molecule has 0 radical (unpaired) electrons. The van der Waals surface area contributed by atoms with Crippen molar-refractivity contribution in [3.63, 3.8) is 0 Å². The van der Waals surface area contributed by atoms with E-state index in [0.717, 1.165) is 25.1 Å². The monoisotopic (exact) mass is 264 g/mol. The molecule has 19 heavy (non-hydrogen) atoms. The quantitative estimate of drug-likeness (QED) is 0.759. The second-order valence-corrected chi connectivity index (χ2v) is 6.61. The molecule has 0 spiro atoms. The highest BCUT2D eigenvalue weighted by Gasteiger charge is 2.27. The third kappa shape index (κ3) is 4.67. The largest absolute Gasteiger partial charge is 0.391 e. The lowest BCUT2D eigenvalue weighted by molar-refractivity contribution is 0.132. The van der Waals surface area contributed by atoms with Gasteiger partial charge in [-0.05, 0) is 24.7 Å². The summed E-state index contributed by atoms with van der Waals surface area (Å²) in [6, 6.07) is 1.72. The first kappa shape index (κ1) is 14.1. The number of aliphatic hydroxyl groups is 1. The maximum atomic E-state index is 9.97. The van der Waals surface area contributed by atoms with Gasteiger partial charge in [0.15, 0.2) is 0 Å². The Morgan fingerprint density at radius 2 is 2.11 bits per heavy atom. The van der Waals surface area contributed by atoms with E-state index in [0.29, 0.717) is 24.1 Å². The van der Waals surface area contributed by atoms with Crippen molar-refractivity contribution in [3.05, 3.63) is 11.9 Å². The lowest BCUT2D eigenvalue weighted by atomic mass is 9.89. The van der Waals surface area contributed by atoms with Crippen LogP contribution in [0.2, 0.25) is 0 Å². The van der Waals surface area contributed by atoms with E-state index in [-0.39, 0.29) is 11.5 Å². The Bertz CT molecular complexity index is 438. The topological polar surface area (TPSA) is 84.1 Å². The highest BCUT2D eigenvalue weighted by atomic mass is 16.3. The summed E-state index contributed by atoms with van der Waals surface area (Å²) in [5.74, 6) is 2.50. The molecule has 5 nitrogen and oxygen atoms in total. The van der Waals surface area contributed by atoms with E-state index in [9.17, 15) is 5.11 Å². The standard InChI is InChI=1S/C14H24N4O/c1-14(2,3)7-10(19)8-16-12-6-11(15)17-13(18-12)9-4-5-9/h6,9-10,19H,4-5,7-8H2,1-3H3,(H3,15,16,17,18). The molecule has 1 aliphatic rings. The van der Waals surface area contributed by atoms with Crippen molar-refractivity contribution in [2.45, 2.75) is 52.1 Å². The molecular formula is C14H24N4O. The molecule has 0 aliphatic heterocycles. The summed E-state index contributed by atoms with van der Waals surface area (Å²) < 4.78 is 0. The molecule has 106 valence electrons. The number of aromatic nitrogens is 2. The molecule has 1 saturated carbocycles. The van der Waals surface area contributed by atoms with Crippen LogP contribution in [0.25, 0.3) is 0 Å². The zero-order valence-corrected chi connectivity index (χ0v) is 12.0. The molecule has 5 heteroatoms. The van der Waals surface area contributed by atoms with Gasteiger partial charge in [0.25, 0.3) is 0 Å². The fourth-order valence-corrected chi connectivity index (χ4v) is 2.10. The average molecular weight is 264 g/mol. The van der Waals surface area contributed by atoms with E-state index in [1.165, 1.54) is 0 Å². The molecule has 1 aromatic rings. The van der Waals surface area contributed by atoms with Gasteiger partial charge in [-0.3, -0.25) is 0 Å². The van der Waals surface area contributed by atoms with Gasteiger partial charge < -0.3 is 16.2 Å². The van der Waals surface area contributed by atoms with Gasteiger partial charge in [0.05, 0.1) is 6.10 Å². The van der Waals surface area contributed by atoms with Gasteiger partial charge in [0.1, 0.15) is 17.5 Å². The minimum atomic E-state index is -0.388. The van der Waals surface area contributed by atoms with Gasteiger partial charge in [-0.2, -0.15) is 0 Å². The molecule has 0 aromatic carbocycles. The first-order valence-corrected chi connectivity index (χ1v) is 6.90. The SMILES string of the molecule is CC(C)(C)CC(O)CNc1cc(N)nc(C2CC2)n1. The second-order valence-electron chi connectivity index (χ2n) is 6.61. The van der Waals surface area contributed by atoms with Crippen LogP contribution in [0.4, 0.5) is 11.6 Å². The lowest BCUT2D eigenvalue weighted by Crippen LogP contribution is -2.25. The number of nitrogens with two attached hydrogens (primary N) is 1. The molecule has 1 fully saturated rings. The molecule has 2 rings (SSSR count). The fraction of sp³-hybridized carbons (Fsp3) is 0.714.